The van der Waals surface area contributed by atoms with Crippen LogP contribution in [0.25, 0.3) is 0 Å². The number of morpholine rings is 1. The van der Waals surface area contributed by atoms with Crippen molar-refractivity contribution in [1.29, 1.82) is 0 Å². The zero-order valence-electron chi connectivity index (χ0n) is 19.5. The van der Waals surface area contributed by atoms with Crippen molar-refractivity contribution >= 4 is 29.9 Å². The summed E-state index contributed by atoms with van der Waals surface area (Å²) >= 11 is 0. The van der Waals surface area contributed by atoms with Crippen LogP contribution in [0.5, 0.6) is 0 Å². The topological polar surface area (TPSA) is 52.1 Å². The van der Waals surface area contributed by atoms with Crippen LogP contribution in [0.1, 0.15) is 38.8 Å². The Hall–Kier alpha value is -0.900. The van der Waals surface area contributed by atoms with Crippen molar-refractivity contribution in [3.63, 3.8) is 0 Å². The Morgan fingerprint density at radius 1 is 1.17 bits per heavy atom. The Bertz CT molecular complexity index is 604. The molecule has 7 heteroatoms. The number of benzene rings is 1. The van der Waals surface area contributed by atoms with Gasteiger partial charge in [-0.2, -0.15) is 0 Å². The van der Waals surface area contributed by atoms with E-state index in [1.54, 1.807) is 0 Å². The largest absolute Gasteiger partial charge is 0.374 e. The van der Waals surface area contributed by atoms with Gasteiger partial charge in [0.15, 0.2) is 5.96 Å². The molecule has 1 fully saturated rings. The van der Waals surface area contributed by atoms with Crippen LogP contribution in [0.15, 0.2) is 29.3 Å². The monoisotopic (exact) mass is 531 g/mol. The molecule has 30 heavy (non-hydrogen) atoms. The minimum absolute atomic E-state index is 0. The molecule has 1 aliphatic rings. The Balaban J connectivity index is 0.00000450. The van der Waals surface area contributed by atoms with Crippen molar-refractivity contribution in [2.24, 2.45) is 10.9 Å². The summed E-state index contributed by atoms with van der Waals surface area (Å²) in [6.45, 7) is 17.6. The maximum atomic E-state index is 5.92. The fourth-order valence-corrected chi connectivity index (χ4v) is 3.67. The van der Waals surface area contributed by atoms with E-state index in [2.05, 4.69) is 77.4 Å². The normalized spacial score (nSPS) is 17.8. The molecule has 1 aromatic carbocycles. The molecule has 0 radical (unpaired) electrons. The van der Waals surface area contributed by atoms with E-state index >= 15 is 0 Å². The molecule has 1 heterocycles. The number of hydrogen-bond donors (Lipinski definition) is 2. The van der Waals surface area contributed by atoms with E-state index in [4.69, 9.17) is 4.74 Å². The van der Waals surface area contributed by atoms with E-state index in [-0.39, 0.29) is 30.1 Å². The van der Waals surface area contributed by atoms with E-state index in [0.717, 1.165) is 64.9 Å². The number of halogens is 1. The summed E-state index contributed by atoms with van der Waals surface area (Å²) in [7, 11) is 1.81. The zero-order valence-corrected chi connectivity index (χ0v) is 21.8. The van der Waals surface area contributed by atoms with E-state index in [0.29, 0.717) is 5.92 Å². The summed E-state index contributed by atoms with van der Waals surface area (Å²) in [4.78, 5) is 9.27. The van der Waals surface area contributed by atoms with E-state index in [1.807, 2.05) is 7.05 Å². The van der Waals surface area contributed by atoms with Crippen molar-refractivity contribution in [2.75, 3.05) is 52.9 Å². The number of guanidine groups is 1. The molecule has 0 saturated carbocycles. The molecule has 172 valence electrons. The highest BCUT2D eigenvalue weighted by atomic mass is 127. The lowest BCUT2D eigenvalue weighted by molar-refractivity contribution is -0.0284. The molecular weight excluding hydrogens is 489 g/mol. The van der Waals surface area contributed by atoms with Crippen molar-refractivity contribution < 1.29 is 4.74 Å². The van der Waals surface area contributed by atoms with Crippen LogP contribution in [0.4, 0.5) is 0 Å². The van der Waals surface area contributed by atoms with Gasteiger partial charge < -0.3 is 15.4 Å². The second kappa shape index (κ2) is 15.0. The standard InChI is InChI=1S/C23H41N5O.HI/c1-6-27(7-2)17-21-10-8-20(9-11-21)14-25-23(24-5)26-15-22-18-28(12-13-29-22)16-19(3)4;/h8-11,19,22H,6-7,12-18H2,1-5H3,(H2,24,25,26);1H. The Morgan fingerprint density at radius 2 is 1.83 bits per heavy atom. The van der Waals surface area contributed by atoms with Crippen molar-refractivity contribution in [3.8, 4) is 0 Å². The summed E-state index contributed by atoms with van der Waals surface area (Å²) < 4.78 is 5.92. The van der Waals surface area contributed by atoms with Gasteiger partial charge in [-0.25, -0.2) is 0 Å². The number of ether oxygens (including phenoxy) is 1. The lowest BCUT2D eigenvalue weighted by atomic mass is 10.1. The quantitative estimate of drug-likeness (QED) is 0.276. The second-order valence-corrected chi connectivity index (χ2v) is 8.23. The van der Waals surface area contributed by atoms with Crippen LogP contribution < -0.4 is 10.6 Å². The van der Waals surface area contributed by atoms with Crippen molar-refractivity contribution in [2.45, 2.75) is 46.9 Å². The van der Waals surface area contributed by atoms with Gasteiger partial charge in [-0.15, -0.1) is 24.0 Å². The number of hydrogen-bond acceptors (Lipinski definition) is 4. The highest BCUT2D eigenvalue weighted by Gasteiger charge is 2.21. The van der Waals surface area contributed by atoms with Gasteiger partial charge in [-0.1, -0.05) is 52.0 Å². The SMILES string of the molecule is CCN(CC)Cc1ccc(CNC(=NC)NCC2CN(CC(C)C)CCO2)cc1.I. The Morgan fingerprint density at radius 3 is 2.43 bits per heavy atom. The lowest BCUT2D eigenvalue weighted by Gasteiger charge is -2.34. The van der Waals surface area contributed by atoms with Crippen LogP contribution in [0.3, 0.4) is 0 Å². The third-order valence-corrected chi connectivity index (χ3v) is 5.35. The van der Waals surface area contributed by atoms with Gasteiger partial charge in [-0.05, 0) is 30.1 Å². The van der Waals surface area contributed by atoms with Crippen LogP contribution in [0.2, 0.25) is 0 Å². The molecule has 0 spiro atoms. The molecule has 1 aromatic rings. The Kier molecular flexibility index (Phi) is 13.6. The number of aliphatic imine (C=N–C) groups is 1. The van der Waals surface area contributed by atoms with Gasteiger partial charge in [0.2, 0.25) is 0 Å². The van der Waals surface area contributed by atoms with E-state index < -0.39 is 0 Å². The number of nitrogens with zero attached hydrogens (tertiary/aromatic N) is 3. The molecule has 1 saturated heterocycles. The molecule has 0 bridgehead atoms. The summed E-state index contributed by atoms with van der Waals surface area (Å²) in [6.07, 6.45) is 0.209. The van der Waals surface area contributed by atoms with Gasteiger partial charge in [0, 0.05) is 46.3 Å². The summed E-state index contributed by atoms with van der Waals surface area (Å²) in [5.41, 5.74) is 2.62. The molecule has 0 aromatic heterocycles. The summed E-state index contributed by atoms with van der Waals surface area (Å²) in [5, 5.41) is 6.83. The molecular formula is C23H42IN5O. The van der Waals surface area contributed by atoms with Crippen molar-refractivity contribution in [3.05, 3.63) is 35.4 Å². The van der Waals surface area contributed by atoms with Crippen LogP contribution >= 0.6 is 24.0 Å². The van der Waals surface area contributed by atoms with Crippen LogP contribution in [0, 0.1) is 5.92 Å². The summed E-state index contributed by atoms with van der Waals surface area (Å²) in [6, 6.07) is 8.86. The fraction of sp³-hybridized carbons (Fsp3) is 0.696. The van der Waals surface area contributed by atoms with Gasteiger partial charge in [0.05, 0.1) is 12.7 Å². The first kappa shape index (κ1) is 27.1. The third kappa shape index (κ3) is 9.94. The van der Waals surface area contributed by atoms with Gasteiger partial charge in [0.25, 0.3) is 0 Å². The molecule has 1 unspecified atom stereocenters. The van der Waals surface area contributed by atoms with E-state index in [1.165, 1.54) is 11.1 Å². The molecule has 2 rings (SSSR count). The van der Waals surface area contributed by atoms with Crippen LogP contribution in [-0.2, 0) is 17.8 Å². The highest BCUT2D eigenvalue weighted by Crippen LogP contribution is 2.09. The maximum absolute atomic E-state index is 5.92. The second-order valence-electron chi connectivity index (χ2n) is 8.23. The predicted molar refractivity (Wildman–Crippen MR) is 138 cm³/mol. The predicted octanol–water partition coefficient (Wildman–Crippen LogP) is 3.17. The van der Waals surface area contributed by atoms with E-state index in [9.17, 15) is 0 Å². The van der Waals surface area contributed by atoms with Crippen LogP contribution in [-0.4, -0.2) is 74.8 Å². The number of rotatable bonds is 10. The van der Waals surface area contributed by atoms with Gasteiger partial charge in [0.1, 0.15) is 0 Å². The molecule has 6 nitrogen and oxygen atoms in total. The van der Waals surface area contributed by atoms with Gasteiger partial charge >= 0.3 is 0 Å². The lowest BCUT2D eigenvalue weighted by Crippen LogP contribution is -2.50. The average molecular weight is 532 g/mol. The van der Waals surface area contributed by atoms with Crippen molar-refractivity contribution in [1.82, 2.24) is 20.4 Å². The first-order valence-corrected chi connectivity index (χ1v) is 11.1. The first-order chi connectivity index (χ1) is 14.0. The first-order valence-electron chi connectivity index (χ1n) is 11.1. The fourth-order valence-electron chi connectivity index (χ4n) is 3.67. The third-order valence-electron chi connectivity index (χ3n) is 5.35. The summed E-state index contributed by atoms with van der Waals surface area (Å²) in [5.74, 6) is 1.51. The Labute approximate surface area is 200 Å². The maximum Gasteiger partial charge on any atom is 0.191 e. The molecule has 0 amide bonds. The zero-order chi connectivity index (χ0) is 21.1. The minimum Gasteiger partial charge on any atom is -0.374 e. The molecule has 0 aliphatic carbocycles. The minimum atomic E-state index is 0. The molecule has 1 atom stereocenters. The highest BCUT2D eigenvalue weighted by molar-refractivity contribution is 14.0. The number of nitrogens with one attached hydrogen (secondary N) is 2. The van der Waals surface area contributed by atoms with Gasteiger partial charge in [-0.3, -0.25) is 14.8 Å². The smallest absolute Gasteiger partial charge is 0.191 e. The molecule has 1 aliphatic heterocycles. The average Bonchev–Trinajstić information content (AvgIpc) is 2.73. The molecule has 2 N–H and O–H groups in total.